The Morgan fingerprint density at radius 1 is 1.41 bits per heavy atom. The highest BCUT2D eigenvalue weighted by Gasteiger charge is 2.44. The minimum absolute atomic E-state index is 0.00535. The fraction of sp³-hybridized carbons (Fsp3) is 0.650. The van der Waals surface area contributed by atoms with E-state index in [1.54, 1.807) is 4.90 Å². The zero-order valence-corrected chi connectivity index (χ0v) is 17.6. The van der Waals surface area contributed by atoms with Gasteiger partial charge in [0.05, 0.1) is 31.0 Å². The fourth-order valence-electron chi connectivity index (χ4n) is 4.36. The van der Waals surface area contributed by atoms with Gasteiger partial charge >= 0.3 is 6.18 Å². The average Bonchev–Trinajstić information content (AvgIpc) is 3.29. The molecule has 0 spiro atoms. The molecule has 0 aliphatic carbocycles. The number of fused-ring (bicyclic) bond motifs is 3. The topological polar surface area (TPSA) is 98.2 Å². The van der Waals surface area contributed by atoms with E-state index in [4.69, 9.17) is 4.74 Å². The van der Waals surface area contributed by atoms with Crippen molar-refractivity contribution in [2.75, 3.05) is 56.2 Å². The summed E-state index contributed by atoms with van der Waals surface area (Å²) in [7, 11) is 1.39. The third-order valence-corrected chi connectivity index (χ3v) is 6.16. The molecule has 12 heteroatoms. The third kappa shape index (κ3) is 4.39. The molecule has 0 saturated carbocycles. The van der Waals surface area contributed by atoms with Gasteiger partial charge in [-0.05, 0) is 25.5 Å². The van der Waals surface area contributed by atoms with E-state index >= 15 is 0 Å². The minimum Gasteiger partial charge on any atom is -0.381 e. The second kappa shape index (κ2) is 8.83. The molecular formula is C20H26F3N5O4. The predicted molar refractivity (Wildman–Crippen MR) is 108 cm³/mol. The Hall–Kier alpha value is -2.44. The summed E-state index contributed by atoms with van der Waals surface area (Å²) in [6.45, 7) is 1.62. The molecule has 0 aromatic carbocycles. The zero-order valence-electron chi connectivity index (χ0n) is 17.6. The van der Waals surface area contributed by atoms with Crippen molar-refractivity contribution in [1.29, 1.82) is 0 Å². The van der Waals surface area contributed by atoms with E-state index in [1.165, 1.54) is 11.9 Å². The number of ether oxygens (including phenoxy) is 1. The number of nitrogens with one attached hydrogen (secondary N) is 1. The van der Waals surface area contributed by atoms with E-state index in [1.807, 2.05) is 0 Å². The molecule has 4 heterocycles. The number of carbonyl (C=O) groups is 2. The molecule has 2 unspecified atom stereocenters. The fourth-order valence-corrected chi connectivity index (χ4v) is 4.36. The first kappa shape index (κ1) is 22.7. The van der Waals surface area contributed by atoms with Gasteiger partial charge in [-0.3, -0.25) is 9.59 Å². The van der Waals surface area contributed by atoms with Crippen LogP contribution in [0.25, 0.3) is 0 Å². The van der Waals surface area contributed by atoms with Crippen molar-refractivity contribution in [1.82, 2.24) is 15.2 Å². The molecule has 1 aromatic heterocycles. The summed E-state index contributed by atoms with van der Waals surface area (Å²) in [5.41, 5.74) is -0.853. The first-order valence-electron chi connectivity index (χ1n) is 10.6. The molecule has 4 rings (SSSR count). The number of amides is 2. The number of aliphatic hydroxyl groups excluding tert-OH is 1. The van der Waals surface area contributed by atoms with Crippen LogP contribution in [-0.4, -0.2) is 91.4 Å². The van der Waals surface area contributed by atoms with Crippen molar-refractivity contribution >= 4 is 23.3 Å². The SMILES string of the molecule is CN1C(=O)C2CN(C(=O)C(O)COC[C@H]3CCCN3)CCN2c2ncc(C(F)(F)F)cc21. The number of rotatable bonds is 5. The lowest BCUT2D eigenvalue weighted by atomic mass is 10.0. The minimum atomic E-state index is -4.57. The van der Waals surface area contributed by atoms with E-state index in [9.17, 15) is 27.9 Å². The smallest absolute Gasteiger partial charge is 0.381 e. The summed E-state index contributed by atoms with van der Waals surface area (Å²) in [6, 6.07) is 0.348. The number of nitrogens with zero attached hydrogens (tertiary/aromatic N) is 4. The first-order chi connectivity index (χ1) is 15.2. The van der Waals surface area contributed by atoms with Gasteiger partial charge in [0, 0.05) is 32.4 Å². The summed E-state index contributed by atoms with van der Waals surface area (Å²) in [4.78, 5) is 33.7. The molecule has 0 bridgehead atoms. The van der Waals surface area contributed by atoms with E-state index in [0.717, 1.165) is 36.5 Å². The van der Waals surface area contributed by atoms with Crippen LogP contribution in [0, 0.1) is 0 Å². The summed E-state index contributed by atoms with van der Waals surface area (Å²) < 4.78 is 44.7. The summed E-state index contributed by atoms with van der Waals surface area (Å²) in [5, 5.41) is 13.5. The van der Waals surface area contributed by atoms with Crippen LogP contribution in [0.1, 0.15) is 18.4 Å². The Morgan fingerprint density at radius 3 is 2.88 bits per heavy atom. The first-order valence-corrected chi connectivity index (χ1v) is 10.6. The third-order valence-electron chi connectivity index (χ3n) is 6.16. The van der Waals surface area contributed by atoms with E-state index < -0.39 is 35.7 Å². The number of aliphatic hydroxyl groups is 1. The Balaban J connectivity index is 1.41. The van der Waals surface area contributed by atoms with Crippen LogP contribution in [0.3, 0.4) is 0 Å². The number of carbonyl (C=O) groups excluding carboxylic acids is 2. The number of alkyl halides is 3. The second-order valence-electron chi connectivity index (χ2n) is 8.30. The molecular weight excluding hydrogens is 431 g/mol. The average molecular weight is 457 g/mol. The standard InChI is InChI=1S/C20H26F3N5O4/c1-26-14-7-12(20(21,22)23)8-25-17(14)28-6-5-27(9-15(28)18(26)30)19(31)16(29)11-32-10-13-3-2-4-24-13/h7-8,13,15-16,24,29H,2-6,9-11H2,1H3/t13-,15?,16?/m1/s1. The molecule has 2 fully saturated rings. The molecule has 1 aromatic rings. The number of hydrogen-bond donors (Lipinski definition) is 2. The number of anilines is 2. The van der Waals surface area contributed by atoms with Crippen LogP contribution < -0.4 is 15.1 Å². The molecule has 176 valence electrons. The van der Waals surface area contributed by atoms with Crippen LogP contribution in [0.2, 0.25) is 0 Å². The Morgan fingerprint density at radius 2 is 2.19 bits per heavy atom. The Kier molecular flexibility index (Phi) is 6.28. The van der Waals surface area contributed by atoms with Gasteiger partial charge in [0.25, 0.3) is 11.8 Å². The van der Waals surface area contributed by atoms with Gasteiger partial charge < -0.3 is 29.9 Å². The van der Waals surface area contributed by atoms with E-state index in [2.05, 4.69) is 10.3 Å². The van der Waals surface area contributed by atoms with Gasteiger partial charge in [0.15, 0.2) is 11.9 Å². The highest BCUT2D eigenvalue weighted by Crippen LogP contribution is 2.39. The Bertz CT molecular complexity index is 877. The molecule has 0 radical (unpaired) electrons. The number of aromatic nitrogens is 1. The van der Waals surface area contributed by atoms with Crippen molar-refractivity contribution in [3.05, 3.63) is 17.8 Å². The van der Waals surface area contributed by atoms with Crippen molar-refractivity contribution < 1.29 is 32.6 Å². The van der Waals surface area contributed by atoms with Crippen LogP contribution in [0.5, 0.6) is 0 Å². The van der Waals surface area contributed by atoms with E-state index in [-0.39, 0.29) is 43.8 Å². The van der Waals surface area contributed by atoms with Crippen molar-refractivity contribution in [3.8, 4) is 0 Å². The van der Waals surface area contributed by atoms with Gasteiger partial charge in [0.1, 0.15) is 6.04 Å². The van der Waals surface area contributed by atoms with Crippen molar-refractivity contribution in [2.45, 2.75) is 37.2 Å². The molecule has 9 nitrogen and oxygen atoms in total. The number of piperazine rings is 1. The summed E-state index contributed by atoms with van der Waals surface area (Å²) >= 11 is 0. The maximum atomic E-state index is 13.1. The molecule has 3 aliphatic rings. The van der Waals surface area contributed by atoms with Crippen LogP contribution in [-0.2, 0) is 20.5 Å². The zero-order chi connectivity index (χ0) is 23.0. The predicted octanol–water partition coefficient (Wildman–Crippen LogP) is 0.224. The maximum absolute atomic E-state index is 13.1. The normalized spacial score (nSPS) is 24.4. The largest absolute Gasteiger partial charge is 0.417 e. The molecule has 2 amide bonds. The van der Waals surface area contributed by atoms with Gasteiger partial charge in [0.2, 0.25) is 0 Å². The van der Waals surface area contributed by atoms with Crippen LogP contribution in [0.4, 0.5) is 24.7 Å². The molecule has 32 heavy (non-hydrogen) atoms. The number of likely N-dealkylation sites (N-methyl/N-ethyl adjacent to an activating group) is 1. The number of pyridine rings is 1. The molecule has 2 N–H and O–H groups in total. The maximum Gasteiger partial charge on any atom is 0.417 e. The number of halogens is 3. The summed E-state index contributed by atoms with van der Waals surface area (Å²) in [6.07, 6.45) is -3.11. The summed E-state index contributed by atoms with van der Waals surface area (Å²) in [5.74, 6) is -0.704. The molecule has 3 atom stereocenters. The monoisotopic (exact) mass is 457 g/mol. The molecule has 3 aliphatic heterocycles. The number of hydrogen-bond acceptors (Lipinski definition) is 7. The lowest BCUT2D eigenvalue weighted by molar-refractivity contribution is -0.145. The van der Waals surface area contributed by atoms with Crippen molar-refractivity contribution in [3.63, 3.8) is 0 Å². The highest BCUT2D eigenvalue weighted by molar-refractivity contribution is 6.05. The second-order valence-corrected chi connectivity index (χ2v) is 8.30. The van der Waals surface area contributed by atoms with Gasteiger partial charge in [-0.25, -0.2) is 4.98 Å². The van der Waals surface area contributed by atoms with Gasteiger partial charge in [-0.15, -0.1) is 0 Å². The van der Waals surface area contributed by atoms with Crippen molar-refractivity contribution in [2.24, 2.45) is 0 Å². The quantitative estimate of drug-likeness (QED) is 0.653. The lowest BCUT2D eigenvalue weighted by Crippen LogP contribution is -2.64. The lowest BCUT2D eigenvalue weighted by Gasteiger charge is -2.46. The molecule has 2 saturated heterocycles. The van der Waals surface area contributed by atoms with Crippen LogP contribution in [0.15, 0.2) is 12.3 Å². The Labute approximate surface area is 183 Å². The van der Waals surface area contributed by atoms with Crippen LogP contribution >= 0.6 is 0 Å². The van der Waals surface area contributed by atoms with E-state index in [0.29, 0.717) is 6.61 Å². The highest BCUT2D eigenvalue weighted by atomic mass is 19.4. The van der Waals surface area contributed by atoms with Gasteiger partial charge in [-0.2, -0.15) is 13.2 Å². The van der Waals surface area contributed by atoms with Gasteiger partial charge in [-0.1, -0.05) is 0 Å².